The minimum atomic E-state index is -0.496. The Bertz CT molecular complexity index is 957. The number of carbonyl (C=O) groups is 2. The highest BCUT2D eigenvalue weighted by molar-refractivity contribution is 5.94. The molecule has 31 heavy (non-hydrogen) atoms. The van der Waals surface area contributed by atoms with Gasteiger partial charge in [0.2, 0.25) is 5.91 Å². The maximum absolute atomic E-state index is 13.4. The van der Waals surface area contributed by atoms with Gasteiger partial charge in [-0.25, -0.2) is 4.39 Å². The molecule has 2 atom stereocenters. The van der Waals surface area contributed by atoms with E-state index in [0.717, 1.165) is 31.5 Å². The smallest absolute Gasteiger partial charge is 0.253 e. The van der Waals surface area contributed by atoms with Crippen molar-refractivity contribution in [2.75, 3.05) is 40.3 Å². The number of rotatable bonds is 4. The van der Waals surface area contributed by atoms with Crippen LogP contribution in [0.5, 0.6) is 0 Å². The Morgan fingerprint density at radius 2 is 1.97 bits per heavy atom. The van der Waals surface area contributed by atoms with Crippen LogP contribution in [0, 0.1) is 17.2 Å². The summed E-state index contributed by atoms with van der Waals surface area (Å²) in [5.74, 6) is -0.267. The van der Waals surface area contributed by atoms with E-state index in [1.807, 2.05) is 38.4 Å². The molecule has 2 amide bonds. The number of likely N-dealkylation sites (tertiary alicyclic amines) is 2. The molecule has 1 aromatic heterocycles. The van der Waals surface area contributed by atoms with E-state index in [0.29, 0.717) is 25.2 Å². The predicted molar refractivity (Wildman–Crippen MR) is 115 cm³/mol. The van der Waals surface area contributed by atoms with Crippen LogP contribution in [-0.2, 0) is 18.4 Å². The molecule has 4 rings (SSSR count). The van der Waals surface area contributed by atoms with E-state index in [2.05, 4.69) is 10.00 Å². The van der Waals surface area contributed by atoms with Crippen molar-refractivity contribution in [1.82, 2.24) is 24.5 Å². The van der Waals surface area contributed by atoms with Gasteiger partial charge in [0, 0.05) is 77.1 Å². The first-order valence-electron chi connectivity index (χ1n) is 10.7. The third-order valence-corrected chi connectivity index (χ3v) is 6.63. The summed E-state index contributed by atoms with van der Waals surface area (Å²) in [6.45, 7) is 3.31. The average Bonchev–Trinajstić information content (AvgIpc) is 3.25. The number of benzene rings is 1. The van der Waals surface area contributed by atoms with Gasteiger partial charge in [-0.05, 0) is 37.1 Å². The van der Waals surface area contributed by atoms with Crippen molar-refractivity contribution in [1.29, 1.82) is 0 Å². The summed E-state index contributed by atoms with van der Waals surface area (Å²) >= 11 is 0. The second-order valence-corrected chi connectivity index (χ2v) is 9.11. The predicted octanol–water partition coefficient (Wildman–Crippen LogP) is 2.00. The topological polar surface area (TPSA) is 61.7 Å². The lowest BCUT2D eigenvalue weighted by molar-refractivity contribution is -0.141. The van der Waals surface area contributed by atoms with Crippen molar-refractivity contribution >= 4 is 11.8 Å². The van der Waals surface area contributed by atoms with Gasteiger partial charge in [0.05, 0.1) is 11.6 Å². The Hall–Kier alpha value is -2.74. The molecule has 0 unspecified atom stereocenters. The minimum Gasteiger partial charge on any atom is -0.348 e. The Balaban J connectivity index is 1.57. The van der Waals surface area contributed by atoms with Crippen LogP contribution >= 0.6 is 0 Å². The van der Waals surface area contributed by atoms with E-state index in [1.54, 1.807) is 9.58 Å². The van der Waals surface area contributed by atoms with Crippen LogP contribution in [0.2, 0.25) is 0 Å². The molecule has 2 aliphatic heterocycles. The van der Waals surface area contributed by atoms with E-state index in [9.17, 15) is 14.0 Å². The lowest BCUT2D eigenvalue weighted by atomic mass is 9.74. The number of aryl methyl sites for hydroxylation is 1. The van der Waals surface area contributed by atoms with Gasteiger partial charge >= 0.3 is 0 Å². The van der Waals surface area contributed by atoms with Crippen LogP contribution in [0.25, 0.3) is 0 Å². The van der Waals surface area contributed by atoms with Gasteiger partial charge in [-0.3, -0.25) is 19.2 Å². The summed E-state index contributed by atoms with van der Waals surface area (Å²) in [5, 5.41) is 4.26. The Morgan fingerprint density at radius 1 is 1.23 bits per heavy atom. The Labute approximate surface area is 182 Å². The fraction of sp³-hybridized carbons (Fsp3) is 0.522. The van der Waals surface area contributed by atoms with Crippen molar-refractivity contribution in [3.63, 3.8) is 0 Å². The van der Waals surface area contributed by atoms with E-state index in [1.165, 1.54) is 24.3 Å². The van der Waals surface area contributed by atoms with Crippen LogP contribution in [0.1, 0.15) is 28.8 Å². The van der Waals surface area contributed by atoms with Crippen molar-refractivity contribution in [2.24, 2.45) is 18.4 Å². The summed E-state index contributed by atoms with van der Waals surface area (Å²) in [6.07, 6.45) is 5.38. The highest BCUT2D eigenvalue weighted by Crippen LogP contribution is 2.44. The van der Waals surface area contributed by atoms with E-state index >= 15 is 0 Å². The van der Waals surface area contributed by atoms with Crippen molar-refractivity contribution in [3.8, 4) is 0 Å². The normalized spacial score (nSPS) is 24.0. The molecule has 0 bridgehead atoms. The number of hydrogen-bond donors (Lipinski definition) is 0. The summed E-state index contributed by atoms with van der Waals surface area (Å²) < 4.78 is 15.1. The first kappa shape index (κ1) is 21.5. The number of amides is 2. The summed E-state index contributed by atoms with van der Waals surface area (Å²) in [4.78, 5) is 32.3. The standard InChI is InChI=1S/C23H30FN5O2/c1-26(2)22(31)23-9-4-10-29(21(30)18-5-7-20(24)8-6-18)15-19(23)14-28(16-23)13-17-11-25-27(3)12-17/h5-8,11-12,19H,4,9-10,13-16H2,1-3H3/t19-,23+/m1/s1. The maximum atomic E-state index is 13.4. The number of hydrogen-bond acceptors (Lipinski definition) is 4. The monoisotopic (exact) mass is 427 g/mol. The molecule has 0 N–H and O–H groups in total. The number of fused-ring (bicyclic) bond motifs is 1. The quantitative estimate of drug-likeness (QED) is 0.749. The molecule has 0 radical (unpaired) electrons. The zero-order chi connectivity index (χ0) is 22.2. The molecule has 8 heteroatoms. The third-order valence-electron chi connectivity index (χ3n) is 6.63. The zero-order valence-electron chi connectivity index (χ0n) is 18.4. The van der Waals surface area contributed by atoms with Crippen LogP contribution in [0.3, 0.4) is 0 Å². The summed E-state index contributed by atoms with van der Waals surface area (Å²) in [6, 6.07) is 5.69. The van der Waals surface area contributed by atoms with Crippen molar-refractivity contribution < 1.29 is 14.0 Å². The number of carbonyl (C=O) groups excluding carboxylic acids is 2. The van der Waals surface area contributed by atoms with Gasteiger partial charge in [0.25, 0.3) is 5.91 Å². The highest BCUT2D eigenvalue weighted by atomic mass is 19.1. The molecular weight excluding hydrogens is 397 g/mol. The van der Waals surface area contributed by atoms with Gasteiger partial charge in [-0.2, -0.15) is 5.10 Å². The maximum Gasteiger partial charge on any atom is 0.253 e. The van der Waals surface area contributed by atoms with E-state index in [4.69, 9.17) is 0 Å². The van der Waals surface area contributed by atoms with Crippen molar-refractivity contribution in [3.05, 3.63) is 53.6 Å². The van der Waals surface area contributed by atoms with Crippen LogP contribution < -0.4 is 0 Å². The molecule has 3 heterocycles. The minimum absolute atomic E-state index is 0.0472. The molecule has 0 saturated carbocycles. The largest absolute Gasteiger partial charge is 0.348 e. The van der Waals surface area contributed by atoms with E-state index < -0.39 is 5.41 Å². The molecule has 2 aromatic rings. The van der Waals surface area contributed by atoms with Crippen LogP contribution in [0.4, 0.5) is 4.39 Å². The lowest BCUT2D eigenvalue weighted by Gasteiger charge is -2.35. The van der Waals surface area contributed by atoms with Gasteiger partial charge in [0.15, 0.2) is 0 Å². The second kappa shape index (κ2) is 8.42. The fourth-order valence-electron chi connectivity index (χ4n) is 5.22. The van der Waals surface area contributed by atoms with Crippen LogP contribution in [0.15, 0.2) is 36.7 Å². The highest BCUT2D eigenvalue weighted by Gasteiger charge is 2.53. The molecule has 166 valence electrons. The van der Waals surface area contributed by atoms with Crippen molar-refractivity contribution in [2.45, 2.75) is 19.4 Å². The van der Waals surface area contributed by atoms with Gasteiger partial charge in [0.1, 0.15) is 5.82 Å². The molecule has 2 saturated heterocycles. The third kappa shape index (κ3) is 4.21. The number of halogens is 1. The first-order chi connectivity index (χ1) is 14.8. The molecule has 0 spiro atoms. The second-order valence-electron chi connectivity index (χ2n) is 9.11. The molecule has 0 aliphatic carbocycles. The molecule has 1 aromatic carbocycles. The summed E-state index contributed by atoms with van der Waals surface area (Å²) in [5.41, 5.74) is 1.10. The molecule has 7 nitrogen and oxygen atoms in total. The number of nitrogens with zero attached hydrogens (tertiary/aromatic N) is 5. The fourth-order valence-corrected chi connectivity index (χ4v) is 5.22. The van der Waals surface area contributed by atoms with Crippen LogP contribution in [-0.4, -0.2) is 76.6 Å². The van der Waals surface area contributed by atoms with Gasteiger partial charge < -0.3 is 9.80 Å². The molecular formula is C23H30FN5O2. The van der Waals surface area contributed by atoms with Gasteiger partial charge in [-0.1, -0.05) is 0 Å². The zero-order valence-corrected chi connectivity index (χ0v) is 18.4. The van der Waals surface area contributed by atoms with Gasteiger partial charge in [-0.15, -0.1) is 0 Å². The summed E-state index contributed by atoms with van der Waals surface area (Å²) in [7, 11) is 5.52. The SMILES string of the molecule is CN(C)C(=O)[C@]12CCCN(C(=O)c3ccc(F)cc3)C[C@H]1CN(Cc1cnn(C)c1)C2. The Kier molecular flexibility index (Phi) is 5.83. The Morgan fingerprint density at radius 3 is 2.61 bits per heavy atom. The lowest BCUT2D eigenvalue weighted by Crippen LogP contribution is -2.47. The number of aromatic nitrogens is 2. The molecule has 2 fully saturated rings. The molecule has 2 aliphatic rings. The average molecular weight is 428 g/mol. The first-order valence-corrected chi connectivity index (χ1v) is 10.7. The van der Waals surface area contributed by atoms with E-state index in [-0.39, 0.29) is 23.5 Å².